The fraction of sp³-hybridized carbons (Fsp3) is 0.227. The average Bonchev–Trinajstić information content (AvgIpc) is 3.10. The maximum Gasteiger partial charge on any atom is 0.339 e. The van der Waals surface area contributed by atoms with Crippen LogP contribution in [0.15, 0.2) is 69.7 Å². The zero-order valence-electron chi connectivity index (χ0n) is 17.8. The van der Waals surface area contributed by atoms with Crippen LogP contribution in [0.3, 0.4) is 0 Å². The van der Waals surface area contributed by atoms with Crippen LogP contribution in [0.5, 0.6) is 5.75 Å². The molecule has 10 nitrogen and oxygen atoms in total. The first-order valence-electron chi connectivity index (χ1n) is 10.1. The Labute approximate surface area is 189 Å². The van der Waals surface area contributed by atoms with Gasteiger partial charge in [0.05, 0.1) is 10.6 Å². The number of rotatable bonds is 6. The van der Waals surface area contributed by atoms with E-state index in [1.165, 1.54) is 30.3 Å². The molecule has 4 rings (SSSR count). The highest BCUT2D eigenvalue weighted by molar-refractivity contribution is 7.89. The molecule has 3 aromatic rings. The average molecular weight is 471 g/mol. The lowest BCUT2D eigenvalue weighted by Crippen LogP contribution is -2.38. The van der Waals surface area contributed by atoms with Gasteiger partial charge in [-0.1, -0.05) is 31.2 Å². The molecule has 0 amide bonds. The number of carboxylic acid groups (broad SMARTS) is 1. The second-order valence-corrected chi connectivity index (χ2v) is 9.48. The van der Waals surface area contributed by atoms with Gasteiger partial charge in [-0.15, -0.1) is 5.11 Å². The van der Waals surface area contributed by atoms with Crippen molar-refractivity contribution in [1.82, 2.24) is 10.2 Å². The summed E-state index contributed by atoms with van der Waals surface area (Å²) in [5.74, 6) is -1.85. The predicted molar refractivity (Wildman–Crippen MR) is 120 cm³/mol. The number of phenols is 1. The summed E-state index contributed by atoms with van der Waals surface area (Å²) in [6.45, 7) is 3.77. The molecule has 1 saturated heterocycles. The largest absolute Gasteiger partial charge is 0.505 e. The molecule has 0 bridgehead atoms. The number of aromatic hydroxyl groups is 1. The number of nitrogens with one attached hydrogen (secondary N) is 2. The first-order valence-corrected chi connectivity index (χ1v) is 11.6. The summed E-state index contributed by atoms with van der Waals surface area (Å²) in [6, 6.07) is 13.9. The van der Waals surface area contributed by atoms with Crippen molar-refractivity contribution in [3.63, 3.8) is 0 Å². The van der Waals surface area contributed by atoms with Crippen molar-refractivity contribution in [1.29, 1.82) is 0 Å². The van der Waals surface area contributed by atoms with E-state index in [-0.39, 0.29) is 28.1 Å². The zero-order chi connectivity index (χ0) is 23.8. The van der Waals surface area contributed by atoms with Crippen molar-refractivity contribution >= 4 is 38.1 Å². The van der Waals surface area contributed by atoms with Crippen molar-refractivity contribution in [2.45, 2.75) is 31.0 Å². The first-order chi connectivity index (χ1) is 15.7. The van der Waals surface area contributed by atoms with E-state index in [2.05, 4.69) is 20.4 Å². The lowest BCUT2D eigenvalue weighted by Gasteiger charge is -2.16. The van der Waals surface area contributed by atoms with Crippen molar-refractivity contribution < 1.29 is 28.3 Å². The van der Waals surface area contributed by atoms with Gasteiger partial charge in [0.15, 0.2) is 5.75 Å². The Hall–Kier alpha value is -3.38. The number of azo groups is 1. The number of carbonyl (C=O) groups is 1. The number of hydroxylamine groups is 1. The maximum atomic E-state index is 12.7. The van der Waals surface area contributed by atoms with Crippen LogP contribution < -0.4 is 10.2 Å². The van der Waals surface area contributed by atoms with E-state index >= 15 is 0 Å². The zero-order valence-corrected chi connectivity index (χ0v) is 18.6. The van der Waals surface area contributed by atoms with Crippen molar-refractivity contribution in [2.24, 2.45) is 16.1 Å². The van der Waals surface area contributed by atoms with Gasteiger partial charge in [0, 0.05) is 17.3 Å². The smallest absolute Gasteiger partial charge is 0.339 e. The molecule has 1 aliphatic rings. The molecule has 1 aliphatic heterocycles. The number of benzene rings is 3. The minimum Gasteiger partial charge on any atom is -0.505 e. The summed E-state index contributed by atoms with van der Waals surface area (Å²) in [4.78, 5) is 16.8. The molecule has 3 atom stereocenters. The Morgan fingerprint density at radius 2 is 1.79 bits per heavy atom. The molecule has 0 unspecified atom stereocenters. The molecule has 4 N–H and O–H groups in total. The van der Waals surface area contributed by atoms with Gasteiger partial charge in [0.25, 0.3) is 0 Å². The molecular formula is C22H22N4O6S. The highest BCUT2D eigenvalue weighted by Crippen LogP contribution is 2.39. The Bertz CT molecular complexity index is 1340. The summed E-state index contributed by atoms with van der Waals surface area (Å²) < 4.78 is 27.8. The second-order valence-electron chi connectivity index (χ2n) is 7.77. The maximum absolute atomic E-state index is 12.7. The topological polar surface area (TPSA) is 150 Å². The SMILES string of the molecule is C[C@@H]1[C@H](C)NO[C@@H]1NS(=O)(=O)c1ccc(N=Nc2c(O)c(C(=O)O)cc3ccccc23)cc1. The van der Waals surface area contributed by atoms with Gasteiger partial charge in [-0.05, 0) is 42.6 Å². The molecule has 0 aliphatic carbocycles. The van der Waals surface area contributed by atoms with Crippen LogP contribution in [0.4, 0.5) is 11.4 Å². The summed E-state index contributed by atoms with van der Waals surface area (Å²) in [5, 5.41) is 29.0. The molecular weight excluding hydrogens is 448 g/mol. The van der Waals surface area contributed by atoms with Crippen LogP contribution in [0.25, 0.3) is 10.8 Å². The monoisotopic (exact) mass is 470 g/mol. The number of fused-ring (bicyclic) bond motifs is 1. The van der Waals surface area contributed by atoms with Gasteiger partial charge in [-0.2, -0.15) is 15.3 Å². The van der Waals surface area contributed by atoms with E-state index in [1.807, 2.05) is 13.8 Å². The fourth-order valence-corrected chi connectivity index (χ4v) is 4.59. The van der Waals surface area contributed by atoms with Gasteiger partial charge in [0.1, 0.15) is 17.5 Å². The molecule has 11 heteroatoms. The van der Waals surface area contributed by atoms with Crippen LogP contribution in [0, 0.1) is 5.92 Å². The molecule has 0 spiro atoms. The van der Waals surface area contributed by atoms with E-state index in [1.54, 1.807) is 24.3 Å². The van der Waals surface area contributed by atoms with Crippen molar-refractivity contribution in [3.05, 3.63) is 60.2 Å². The van der Waals surface area contributed by atoms with Crippen LogP contribution in [-0.2, 0) is 14.9 Å². The highest BCUT2D eigenvalue weighted by atomic mass is 32.2. The number of hydrogen-bond acceptors (Lipinski definition) is 8. The summed E-state index contributed by atoms with van der Waals surface area (Å²) in [7, 11) is -3.83. The fourth-order valence-electron chi connectivity index (χ4n) is 3.39. The summed E-state index contributed by atoms with van der Waals surface area (Å²) >= 11 is 0. The molecule has 0 radical (unpaired) electrons. The Balaban J connectivity index is 1.60. The van der Waals surface area contributed by atoms with Gasteiger partial charge in [-0.3, -0.25) is 4.84 Å². The standard InChI is InChI=1S/C22H22N4O6S/c1-12-13(2)25-32-21(12)26-33(30,31)16-9-7-15(8-10-16)23-24-19-17-6-4-3-5-14(17)11-18(20(19)27)22(28)29/h3-13,21,25-27H,1-2H3,(H,28,29)/t12-,13+,21+/m1/s1. The Morgan fingerprint density at radius 3 is 2.42 bits per heavy atom. The summed E-state index contributed by atoms with van der Waals surface area (Å²) in [5.41, 5.74) is 2.79. The third kappa shape index (κ3) is 4.57. The second kappa shape index (κ2) is 8.87. The first kappa shape index (κ1) is 22.8. The van der Waals surface area contributed by atoms with Gasteiger partial charge in [-0.25, -0.2) is 13.2 Å². The minimum atomic E-state index is -3.83. The lowest BCUT2D eigenvalue weighted by atomic mass is 10.0. The lowest BCUT2D eigenvalue weighted by molar-refractivity contribution is 0.0148. The van der Waals surface area contributed by atoms with Crippen LogP contribution >= 0.6 is 0 Å². The van der Waals surface area contributed by atoms with E-state index in [4.69, 9.17) is 4.84 Å². The molecule has 1 fully saturated rings. The van der Waals surface area contributed by atoms with Crippen molar-refractivity contribution in [2.75, 3.05) is 0 Å². The Morgan fingerprint density at radius 1 is 1.09 bits per heavy atom. The highest BCUT2D eigenvalue weighted by Gasteiger charge is 2.34. The number of nitrogens with zero attached hydrogens (tertiary/aromatic N) is 2. The van der Waals surface area contributed by atoms with Crippen LogP contribution in [0.2, 0.25) is 0 Å². The third-order valence-corrected chi connectivity index (χ3v) is 6.99. The molecule has 0 aromatic heterocycles. The predicted octanol–water partition coefficient (Wildman–Crippen LogP) is 3.82. The van der Waals surface area contributed by atoms with E-state index in [9.17, 15) is 23.4 Å². The molecule has 172 valence electrons. The quantitative estimate of drug-likeness (QED) is 0.400. The number of sulfonamides is 1. The summed E-state index contributed by atoms with van der Waals surface area (Å²) in [6.07, 6.45) is -0.692. The van der Waals surface area contributed by atoms with E-state index < -0.39 is 28.0 Å². The van der Waals surface area contributed by atoms with Gasteiger partial charge < -0.3 is 10.2 Å². The van der Waals surface area contributed by atoms with Gasteiger partial charge >= 0.3 is 5.97 Å². The molecule has 3 aromatic carbocycles. The van der Waals surface area contributed by atoms with Crippen LogP contribution in [0.1, 0.15) is 24.2 Å². The molecule has 0 saturated carbocycles. The number of hydrogen-bond donors (Lipinski definition) is 4. The Kier molecular flexibility index (Phi) is 6.13. The molecule has 1 heterocycles. The van der Waals surface area contributed by atoms with Gasteiger partial charge in [0.2, 0.25) is 10.0 Å². The number of aromatic carboxylic acids is 1. The van der Waals surface area contributed by atoms with E-state index in [0.717, 1.165) is 0 Å². The van der Waals surface area contributed by atoms with E-state index in [0.29, 0.717) is 16.5 Å². The number of carboxylic acids is 1. The molecule has 33 heavy (non-hydrogen) atoms. The third-order valence-electron chi connectivity index (χ3n) is 5.56. The minimum absolute atomic E-state index is 0.00705. The normalized spacial score (nSPS) is 21.1. The van der Waals surface area contributed by atoms with Crippen molar-refractivity contribution in [3.8, 4) is 5.75 Å². The van der Waals surface area contributed by atoms with Crippen LogP contribution in [-0.4, -0.2) is 36.9 Å².